The van der Waals surface area contributed by atoms with Gasteiger partial charge in [-0.1, -0.05) is 35.5 Å². The molecule has 6 nitrogen and oxygen atoms in total. The minimum absolute atomic E-state index is 0.268. The van der Waals surface area contributed by atoms with Crippen LogP contribution in [0.25, 0.3) is 0 Å². The third kappa shape index (κ3) is 4.96. The summed E-state index contributed by atoms with van der Waals surface area (Å²) < 4.78 is 31.5. The van der Waals surface area contributed by atoms with Gasteiger partial charge in [0.25, 0.3) is 0 Å². The van der Waals surface area contributed by atoms with Crippen molar-refractivity contribution < 1.29 is 18.0 Å². The highest BCUT2D eigenvalue weighted by Gasteiger charge is 2.20. The number of nitrogens with zero attached hydrogens (tertiary/aromatic N) is 1. The van der Waals surface area contributed by atoms with E-state index in [1.807, 2.05) is 30.3 Å². The fraction of sp³-hybridized carbons (Fsp3) is 0.357. The van der Waals surface area contributed by atoms with Gasteiger partial charge in [-0.3, -0.25) is 0 Å². The predicted molar refractivity (Wildman–Crippen MR) is 78.0 cm³/mol. The zero-order chi connectivity index (χ0) is 15.3. The Hall–Kier alpha value is -1.70. The molecule has 0 radical (unpaired) electrons. The number of nitrogens with one attached hydrogen (secondary N) is 1. The van der Waals surface area contributed by atoms with Crippen LogP contribution >= 0.6 is 0 Å². The lowest BCUT2D eigenvalue weighted by Gasteiger charge is -2.16. The Balaban J connectivity index is 2.00. The fourth-order valence-electron chi connectivity index (χ4n) is 2.02. The molecule has 7 heteroatoms. The molecule has 0 spiro atoms. The maximum atomic E-state index is 12.1. The first-order chi connectivity index (χ1) is 9.98. The Morgan fingerprint density at radius 3 is 2.62 bits per heavy atom. The van der Waals surface area contributed by atoms with E-state index >= 15 is 0 Å². The summed E-state index contributed by atoms with van der Waals surface area (Å²) in [5, 5.41) is 13.0. The minimum Gasteiger partial charge on any atom is -0.395 e. The number of benzene rings is 1. The van der Waals surface area contributed by atoms with Crippen molar-refractivity contribution in [3.8, 4) is 0 Å². The van der Waals surface area contributed by atoms with Crippen molar-refractivity contribution in [3.63, 3.8) is 0 Å². The van der Waals surface area contributed by atoms with E-state index in [1.165, 1.54) is 0 Å². The van der Waals surface area contributed by atoms with Gasteiger partial charge in [-0.25, -0.2) is 13.1 Å². The molecule has 114 valence electrons. The van der Waals surface area contributed by atoms with Crippen molar-refractivity contribution >= 4 is 10.0 Å². The molecule has 0 saturated heterocycles. The fourth-order valence-corrected chi connectivity index (χ4v) is 3.29. The van der Waals surface area contributed by atoms with Gasteiger partial charge in [0.05, 0.1) is 6.61 Å². The van der Waals surface area contributed by atoms with Gasteiger partial charge in [-0.15, -0.1) is 0 Å². The number of rotatable bonds is 7. The van der Waals surface area contributed by atoms with Gasteiger partial charge in [0.15, 0.2) is 0 Å². The molecular weight excluding hydrogens is 292 g/mol. The summed E-state index contributed by atoms with van der Waals surface area (Å²) in [6.07, 6.45) is 0.425. The quantitative estimate of drug-likeness (QED) is 0.796. The Labute approximate surface area is 123 Å². The van der Waals surface area contributed by atoms with Gasteiger partial charge in [0.2, 0.25) is 10.0 Å². The lowest BCUT2D eigenvalue weighted by Crippen LogP contribution is -2.39. The number of hydrogen-bond acceptors (Lipinski definition) is 5. The van der Waals surface area contributed by atoms with Crippen LogP contribution in [0.3, 0.4) is 0 Å². The Bertz CT molecular complexity index is 667. The molecule has 1 heterocycles. The first-order valence-electron chi connectivity index (χ1n) is 6.55. The molecule has 1 atom stereocenters. The highest BCUT2D eigenvalue weighted by atomic mass is 32.2. The van der Waals surface area contributed by atoms with Gasteiger partial charge >= 0.3 is 0 Å². The van der Waals surface area contributed by atoms with Crippen LogP contribution in [0, 0.1) is 6.92 Å². The monoisotopic (exact) mass is 310 g/mol. The molecule has 0 aliphatic rings. The van der Waals surface area contributed by atoms with Crippen LogP contribution in [0.1, 0.15) is 17.0 Å². The van der Waals surface area contributed by atoms with Crippen LogP contribution < -0.4 is 4.72 Å². The van der Waals surface area contributed by atoms with Crippen LogP contribution in [0.15, 0.2) is 40.9 Å². The van der Waals surface area contributed by atoms with Crippen LogP contribution in [0.2, 0.25) is 0 Å². The molecule has 0 aliphatic carbocycles. The summed E-state index contributed by atoms with van der Waals surface area (Å²) in [6.45, 7) is 1.43. The van der Waals surface area contributed by atoms with Crippen molar-refractivity contribution in [2.45, 2.75) is 25.1 Å². The molecule has 2 N–H and O–H groups in total. The maximum Gasteiger partial charge on any atom is 0.217 e. The van der Waals surface area contributed by atoms with E-state index in [2.05, 4.69) is 9.88 Å². The second-order valence-electron chi connectivity index (χ2n) is 4.88. The van der Waals surface area contributed by atoms with E-state index in [0.717, 1.165) is 5.56 Å². The number of aliphatic hydroxyl groups excluding tert-OH is 1. The Morgan fingerprint density at radius 1 is 1.33 bits per heavy atom. The minimum atomic E-state index is -3.59. The summed E-state index contributed by atoms with van der Waals surface area (Å²) >= 11 is 0. The molecule has 0 amide bonds. The summed E-state index contributed by atoms with van der Waals surface area (Å²) in [5.74, 6) is 0.290. The predicted octanol–water partition coefficient (Wildman–Crippen LogP) is 1.01. The highest BCUT2D eigenvalue weighted by Crippen LogP contribution is 2.08. The van der Waals surface area contributed by atoms with E-state index in [0.29, 0.717) is 17.9 Å². The topological polar surface area (TPSA) is 92.4 Å². The molecule has 1 aromatic carbocycles. The van der Waals surface area contributed by atoms with Crippen LogP contribution in [-0.4, -0.2) is 31.3 Å². The third-order valence-electron chi connectivity index (χ3n) is 2.91. The second kappa shape index (κ2) is 6.84. The molecule has 2 aromatic rings. The lowest BCUT2D eigenvalue weighted by atomic mass is 10.1. The van der Waals surface area contributed by atoms with E-state index in [1.54, 1.807) is 13.0 Å². The first kappa shape index (κ1) is 15.7. The van der Waals surface area contributed by atoms with Crippen molar-refractivity contribution in [1.29, 1.82) is 0 Å². The number of hydrogen-bond donors (Lipinski definition) is 2. The third-order valence-corrected chi connectivity index (χ3v) is 4.27. The summed E-state index contributed by atoms with van der Waals surface area (Å²) in [6, 6.07) is 10.4. The largest absolute Gasteiger partial charge is 0.395 e. The van der Waals surface area contributed by atoms with Gasteiger partial charge < -0.3 is 9.63 Å². The average Bonchev–Trinajstić information content (AvgIpc) is 2.83. The molecule has 0 saturated carbocycles. The second-order valence-corrected chi connectivity index (χ2v) is 6.63. The average molecular weight is 310 g/mol. The standard InChI is InChI=1S/C14H18N2O4S/c1-11-7-14(15-20-11)10-21(18,19)16-13(9-17)8-12-5-3-2-4-6-12/h2-7,13,16-17H,8-10H2,1H3. The van der Waals surface area contributed by atoms with Crippen LogP contribution in [-0.2, 0) is 22.2 Å². The van der Waals surface area contributed by atoms with Crippen molar-refractivity contribution in [2.75, 3.05) is 6.61 Å². The van der Waals surface area contributed by atoms with E-state index in [9.17, 15) is 13.5 Å². The molecule has 0 bridgehead atoms. The summed E-state index contributed by atoms with van der Waals surface area (Å²) in [5.41, 5.74) is 1.30. The molecule has 1 aromatic heterocycles. The lowest BCUT2D eigenvalue weighted by molar-refractivity contribution is 0.256. The zero-order valence-electron chi connectivity index (χ0n) is 11.7. The molecular formula is C14H18N2O4S. The van der Waals surface area contributed by atoms with Crippen molar-refractivity contribution in [3.05, 3.63) is 53.4 Å². The molecule has 1 unspecified atom stereocenters. The van der Waals surface area contributed by atoms with Crippen LogP contribution in [0.5, 0.6) is 0 Å². The molecule has 2 rings (SSSR count). The number of aryl methyl sites for hydroxylation is 1. The molecule has 0 aliphatic heterocycles. The van der Waals surface area contributed by atoms with Crippen molar-refractivity contribution in [1.82, 2.24) is 9.88 Å². The van der Waals surface area contributed by atoms with Gasteiger partial charge in [-0.2, -0.15) is 0 Å². The molecule has 0 fully saturated rings. The number of aromatic nitrogens is 1. The van der Waals surface area contributed by atoms with E-state index in [-0.39, 0.29) is 12.4 Å². The van der Waals surface area contributed by atoms with Gasteiger partial charge in [0.1, 0.15) is 17.2 Å². The Kier molecular flexibility index (Phi) is 5.11. The summed E-state index contributed by atoms with van der Waals surface area (Å²) in [7, 11) is -3.59. The first-order valence-corrected chi connectivity index (χ1v) is 8.21. The van der Waals surface area contributed by atoms with E-state index in [4.69, 9.17) is 4.52 Å². The SMILES string of the molecule is Cc1cc(CS(=O)(=O)NC(CO)Cc2ccccc2)no1. The Morgan fingerprint density at radius 2 is 2.05 bits per heavy atom. The zero-order valence-corrected chi connectivity index (χ0v) is 12.5. The van der Waals surface area contributed by atoms with Gasteiger partial charge in [-0.05, 0) is 18.9 Å². The molecule has 21 heavy (non-hydrogen) atoms. The number of sulfonamides is 1. The number of aliphatic hydroxyl groups is 1. The van der Waals surface area contributed by atoms with Gasteiger partial charge in [0, 0.05) is 12.1 Å². The van der Waals surface area contributed by atoms with Crippen molar-refractivity contribution in [2.24, 2.45) is 0 Å². The normalized spacial score (nSPS) is 13.2. The maximum absolute atomic E-state index is 12.1. The summed E-state index contributed by atoms with van der Waals surface area (Å²) in [4.78, 5) is 0. The smallest absolute Gasteiger partial charge is 0.217 e. The van der Waals surface area contributed by atoms with E-state index < -0.39 is 16.1 Å². The van der Waals surface area contributed by atoms with Crippen LogP contribution in [0.4, 0.5) is 0 Å². The highest BCUT2D eigenvalue weighted by molar-refractivity contribution is 7.88.